The van der Waals surface area contributed by atoms with E-state index < -0.39 is 17.5 Å². The number of aryl methyl sites for hydroxylation is 1. The van der Waals surface area contributed by atoms with Gasteiger partial charge in [0.25, 0.3) is 0 Å². The third-order valence-electron chi connectivity index (χ3n) is 2.88. The molecule has 0 heterocycles. The van der Waals surface area contributed by atoms with E-state index in [9.17, 15) is 18.0 Å². The molecule has 0 spiro atoms. The summed E-state index contributed by atoms with van der Waals surface area (Å²) in [6.07, 6.45) is -3.93. The molecule has 0 fully saturated rings. The van der Waals surface area contributed by atoms with Crippen LogP contribution in [0.15, 0.2) is 30.3 Å². The molecule has 1 aromatic rings. The summed E-state index contributed by atoms with van der Waals surface area (Å²) in [7, 11) is 0. The Kier molecular flexibility index (Phi) is 4.51. The van der Waals surface area contributed by atoms with Crippen molar-refractivity contribution >= 4 is 5.78 Å². The number of alkyl halides is 3. The molecule has 100 valence electrons. The van der Waals surface area contributed by atoms with Gasteiger partial charge in [-0.1, -0.05) is 30.3 Å². The maximum absolute atomic E-state index is 12.5. The third-order valence-corrected chi connectivity index (χ3v) is 2.88. The first-order valence-corrected chi connectivity index (χ1v) is 5.68. The normalized spacial score (nSPS) is 15.2. The van der Waals surface area contributed by atoms with Crippen LogP contribution in [0.25, 0.3) is 0 Å². The van der Waals surface area contributed by atoms with Gasteiger partial charge in [0, 0.05) is 6.42 Å². The fraction of sp³-hybridized carbons (Fsp3) is 0.462. The van der Waals surface area contributed by atoms with Gasteiger partial charge in [-0.25, -0.2) is 0 Å². The van der Waals surface area contributed by atoms with Crippen molar-refractivity contribution in [3.63, 3.8) is 0 Å². The average Bonchev–Trinajstić information content (AvgIpc) is 2.28. The van der Waals surface area contributed by atoms with Crippen molar-refractivity contribution in [2.45, 2.75) is 37.9 Å². The topological polar surface area (TPSA) is 43.1 Å². The first-order chi connectivity index (χ1) is 8.25. The number of rotatable bonds is 5. The van der Waals surface area contributed by atoms with Crippen molar-refractivity contribution in [2.75, 3.05) is 0 Å². The van der Waals surface area contributed by atoms with Gasteiger partial charge in [0.15, 0.2) is 11.3 Å². The lowest BCUT2D eigenvalue weighted by atomic mass is 9.92. The van der Waals surface area contributed by atoms with Crippen molar-refractivity contribution in [3.05, 3.63) is 35.9 Å². The molecule has 0 amide bonds. The first kappa shape index (κ1) is 14.7. The number of carbonyl (C=O) groups is 1. The van der Waals surface area contributed by atoms with Crippen LogP contribution in [0.1, 0.15) is 25.3 Å². The predicted octanol–water partition coefficient (Wildman–Crippen LogP) is 2.86. The van der Waals surface area contributed by atoms with Crippen LogP contribution >= 0.6 is 0 Å². The maximum Gasteiger partial charge on any atom is 0.413 e. The van der Waals surface area contributed by atoms with Gasteiger partial charge in [0.05, 0.1) is 0 Å². The summed E-state index contributed by atoms with van der Waals surface area (Å²) in [6.45, 7) is 0.720. The van der Waals surface area contributed by atoms with E-state index in [0.717, 1.165) is 12.5 Å². The second-order valence-corrected chi connectivity index (χ2v) is 4.46. The van der Waals surface area contributed by atoms with E-state index in [1.165, 1.54) is 0 Å². The van der Waals surface area contributed by atoms with E-state index in [1.807, 2.05) is 30.3 Å². The van der Waals surface area contributed by atoms with Gasteiger partial charge in [-0.05, 0) is 25.3 Å². The van der Waals surface area contributed by atoms with Crippen LogP contribution in [-0.4, -0.2) is 17.5 Å². The quantitative estimate of drug-likeness (QED) is 0.883. The fourth-order valence-electron chi connectivity index (χ4n) is 1.52. The molecule has 0 bridgehead atoms. The highest BCUT2D eigenvalue weighted by atomic mass is 19.4. The second kappa shape index (κ2) is 5.52. The Morgan fingerprint density at radius 1 is 1.22 bits per heavy atom. The second-order valence-electron chi connectivity index (χ2n) is 4.46. The van der Waals surface area contributed by atoms with E-state index in [0.29, 0.717) is 12.8 Å². The van der Waals surface area contributed by atoms with Gasteiger partial charge in [0.2, 0.25) is 0 Å². The Balaban J connectivity index is 2.48. The largest absolute Gasteiger partial charge is 0.413 e. The van der Waals surface area contributed by atoms with Crippen LogP contribution in [0, 0.1) is 0 Å². The Bertz CT molecular complexity index is 398. The Morgan fingerprint density at radius 2 is 1.78 bits per heavy atom. The lowest BCUT2D eigenvalue weighted by Gasteiger charge is -2.25. The summed E-state index contributed by atoms with van der Waals surface area (Å²) in [5.41, 5.74) is 3.29. The van der Waals surface area contributed by atoms with E-state index in [4.69, 9.17) is 5.73 Å². The van der Waals surface area contributed by atoms with E-state index >= 15 is 0 Å². The predicted molar refractivity (Wildman–Crippen MR) is 63.0 cm³/mol. The number of benzene rings is 1. The molecule has 0 aliphatic carbocycles. The van der Waals surface area contributed by atoms with Crippen LogP contribution in [0.5, 0.6) is 0 Å². The van der Waals surface area contributed by atoms with Crippen molar-refractivity contribution in [2.24, 2.45) is 5.73 Å². The monoisotopic (exact) mass is 259 g/mol. The SMILES string of the molecule is CC(N)(C(=O)CCCc1ccccc1)C(F)(F)F. The first-order valence-electron chi connectivity index (χ1n) is 5.68. The van der Waals surface area contributed by atoms with Gasteiger partial charge in [-0.15, -0.1) is 0 Å². The minimum absolute atomic E-state index is 0.165. The summed E-state index contributed by atoms with van der Waals surface area (Å²) >= 11 is 0. The van der Waals surface area contributed by atoms with Crippen LogP contribution in [-0.2, 0) is 11.2 Å². The molecule has 18 heavy (non-hydrogen) atoms. The molecule has 1 rings (SSSR count). The lowest BCUT2D eigenvalue weighted by Crippen LogP contribution is -2.57. The number of ketones is 1. The summed E-state index contributed by atoms with van der Waals surface area (Å²) in [4.78, 5) is 11.5. The highest BCUT2D eigenvalue weighted by Crippen LogP contribution is 2.29. The number of Topliss-reactive ketones (excluding diaryl/α,β-unsaturated/α-hetero) is 1. The van der Waals surface area contributed by atoms with Crippen LogP contribution < -0.4 is 5.73 Å². The number of nitrogens with two attached hydrogens (primary N) is 1. The molecule has 0 aromatic heterocycles. The third kappa shape index (κ3) is 3.57. The van der Waals surface area contributed by atoms with Gasteiger partial charge >= 0.3 is 6.18 Å². The standard InChI is InChI=1S/C13H16F3NO/c1-12(17,13(14,15)16)11(18)9-5-8-10-6-3-2-4-7-10/h2-4,6-7H,5,8-9,17H2,1H3. The summed E-state index contributed by atoms with van der Waals surface area (Å²) < 4.78 is 37.5. The lowest BCUT2D eigenvalue weighted by molar-refractivity contribution is -0.186. The molecule has 2 nitrogen and oxygen atoms in total. The number of hydrogen-bond acceptors (Lipinski definition) is 2. The zero-order valence-corrected chi connectivity index (χ0v) is 10.1. The van der Waals surface area contributed by atoms with E-state index in [-0.39, 0.29) is 6.42 Å². The Morgan fingerprint density at radius 3 is 2.28 bits per heavy atom. The number of hydrogen-bond donors (Lipinski definition) is 1. The number of halogens is 3. The van der Waals surface area contributed by atoms with Crippen LogP contribution in [0.3, 0.4) is 0 Å². The van der Waals surface area contributed by atoms with Gasteiger partial charge in [-0.3, -0.25) is 4.79 Å². The summed E-state index contributed by atoms with van der Waals surface area (Å²) in [6, 6.07) is 9.29. The van der Waals surface area contributed by atoms with Crippen molar-refractivity contribution in [1.82, 2.24) is 0 Å². The van der Waals surface area contributed by atoms with Gasteiger partial charge < -0.3 is 5.73 Å². The zero-order chi connectivity index (χ0) is 13.8. The molecule has 1 atom stereocenters. The Hall–Kier alpha value is -1.36. The minimum Gasteiger partial charge on any atom is -0.312 e. The van der Waals surface area contributed by atoms with Gasteiger partial charge in [0.1, 0.15) is 0 Å². The molecule has 0 saturated heterocycles. The Labute approximate surface area is 104 Å². The van der Waals surface area contributed by atoms with E-state index in [2.05, 4.69) is 0 Å². The molecule has 0 aliphatic heterocycles. The molecule has 1 unspecified atom stereocenters. The molecule has 0 radical (unpaired) electrons. The van der Waals surface area contributed by atoms with Gasteiger partial charge in [-0.2, -0.15) is 13.2 Å². The van der Waals surface area contributed by atoms with E-state index in [1.54, 1.807) is 0 Å². The average molecular weight is 259 g/mol. The van der Waals surface area contributed by atoms with Crippen molar-refractivity contribution in [1.29, 1.82) is 0 Å². The molecular weight excluding hydrogens is 243 g/mol. The smallest absolute Gasteiger partial charge is 0.312 e. The number of carbonyl (C=O) groups excluding carboxylic acids is 1. The highest BCUT2D eigenvalue weighted by molar-refractivity contribution is 5.88. The van der Waals surface area contributed by atoms with Crippen LogP contribution in [0.4, 0.5) is 13.2 Å². The highest BCUT2D eigenvalue weighted by Gasteiger charge is 2.52. The zero-order valence-electron chi connectivity index (χ0n) is 10.1. The molecule has 5 heteroatoms. The molecule has 2 N–H and O–H groups in total. The summed E-state index contributed by atoms with van der Waals surface area (Å²) in [5, 5.41) is 0. The maximum atomic E-state index is 12.5. The minimum atomic E-state index is -4.70. The van der Waals surface area contributed by atoms with Crippen molar-refractivity contribution < 1.29 is 18.0 Å². The molecule has 0 aliphatic rings. The molecule has 0 saturated carbocycles. The van der Waals surface area contributed by atoms with Crippen molar-refractivity contribution in [3.8, 4) is 0 Å². The molecule has 1 aromatic carbocycles. The molecular formula is C13H16F3NO. The fourth-order valence-corrected chi connectivity index (χ4v) is 1.52. The van der Waals surface area contributed by atoms with Crippen LogP contribution in [0.2, 0.25) is 0 Å². The summed E-state index contributed by atoms with van der Waals surface area (Å²) in [5.74, 6) is -0.967.